The minimum atomic E-state index is -1.12. The number of hydrogen-bond acceptors (Lipinski definition) is 2. The Hall–Kier alpha value is -0.0900. The Morgan fingerprint density at radius 1 is 1.32 bits per heavy atom. The molecule has 5 heteroatoms. The molecule has 1 N–H and O–H groups in total. The molecule has 4 unspecified atom stereocenters. The maximum Gasteiger partial charge on any atom is 0.0592 e. The molecule has 0 spiro atoms. The van der Waals surface area contributed by atoms with Crippen LogP contribution in [0.3, 0.4) is 0 Å². The summed E-state index contributed by atoms with van der Waals surface area (Å²) >= 11 is 12.2. The summed E-state index contributed by atoms with van der Waals surface area (Å²) in [7, 11) is 0.814. The van der Waals surface area contributed by atoms with Gasteiger partial charge in [0.25, 0.3) is 0 Å². The monoisotopic (exact) mass is 319 g/mol. The second-order valence-corrected chi connectivity index (χ2v) is 7.71. The number of benzene rings is 1. The number of rotatable bonds is 3. The minimum absolute atomic E-state index is 0.102. The molecule has 19 heavy (non-hydrogen) atoms. The summed E-state index contributed by atoms with van der Waals surface area (Å²) in [6.07, 6.45) is 3.20. The molecular weight excluding hydrogens is 301 g/mol. The Morgan fingerprint density at radius 2 is 2.05 bits per heavy atom. The molecule has 4 atom stereocenters. The standard InChI is InChI=1S/C14H19Cl2NOS/c1-9-3-6-12(17-2)14(7-9)19(18)13-8-10(15)4-5-11(13)16/h4-5,8-9,12,14,17H,3,6-7H2,1-2H3. The third kappa shape index (κ3) is 3.52. The topological polar surface area (TPSA) is 29.1 Å². The van der Waals surface area contributed by atoms with Crippen molar-refractivity contribution in [3.8, 4) is 0 Å². The van der Waals surface area contributed by atoms with Gasteiger partial charge < -0.3 is 5.32 Å². The highest BCUT2D eigenvalue weighted by molar-refractivity contribution is 7.85. The maximum absolute atomic E-state index is 12.8. The van der Waals surface area contributed by atoms with Crippen LogP contribution < -0.4 is 5.32 Å². The second-order valence-electron chi connectivity index (χ2n) is 5.22. The van der Waals surface area contributed by atoms with E-state index in [2.05, 4.69) is 12.2 Å². The summed E-state index contributed by atoms with van der Waals surface area (Å²) in [6, 6.07) is 5.46. The quantitative estimate of drug-likeness (QED) is 0.916. The van der Waals surface area contributed by atoms with Crippen molar-refractivity contribution in [3.63, 3.8) is 0 Å². The fourth-order valence-corrected chi connectivity index (χ4v) is 5.18. The van der Waals surface area contributed by atoms with Gasteiger partial charge in [-0.1, -0.05) is 30.1 Å². The summed E-state index contributed by atoms with van der Waals surface area (Å²) in [6.45, 7) is 2.22. The lowest BCUT2D eigenvalue weighted by atomic mass is 9.87. The van der Waals surface area contributed by atoms with Crippen molar-refractivity contribution in [2.24, 2.45) is 5.92 Å². The van der Waals surface area contributed by atoms with Gasteiger partial charge in [0.1, 0.15) is 0 Å². The molecule has 1 saturated carbocycles. The third-order valence-electron chi connectivity index (χ3n) is 3.81. The van der Waals surface area contributed by atoms with Crippen LogP contribution in [0.1, 0.15) is 26.2 Å². The Kier molecular flexibility index (Phi) is 5.29. The highest BCUT2D eigenvalue weighted by atomic mass is 35.5. The molecule has 2 nitrogen and oxygen atoms in total. The van der Waals surface area contributed by atoms with Crippen molar-refractivity contribution in [2.45, 2.75) is 42.4 Å². The van der Waals surface area contributed by atoms with Crippen molar-refractivity contribution >= 4 is 34.0 Å². The smallest absolute Gasteiger partial charge is 0.0592 e. The lowest BCUT2D eigenvalue weighted by Crippen LogP contribution is -2.44. The van der Waals surface area contributed by atoms with E-state index in [4.69, 9.17) is 23.2 Å². The van der Waals surface area contributed by atoms with Crippen molar-refractivity contribution in [2.75, 3.05) is 7.05 Å². The van der Waals surface area contributed by atoms with E-state index in [0.29, 0.717) is 20.9 Å². The average Bonchev–Trinajstić information content (AvgIpc) is 2.40. The van der Waals surface area contributed by atoms with Crippen LogP contribution >= 0.6 is 23.2 Å². The molecule has 1 aliphatic carbocycles. The first kappa shape index (κ1) is 15.3. The molecule has 1 aliphatic rings. The van der Waals surface area contributed by atoms with Gasteiger partial charge in [0.05, 0.1) is 26.0 Å². The summed E-state index contributed by atoms with van der Waals surface area (Å²) in [5, 5.41) is 4.51. The summed E-state index contributed by atoms with van der Waals surface area (Å²) < 4.78 is 12.8. The van der Waals surface area contributed by atoms with Crippen LogP contribution in [-0.4, -0.2) is 22.5 Å². The second kappa shape index (κ2) is 6.57. The van der Waals surface area contributed by atoms with E-state index in [1.807, 2.05) is 7.05 Å². The highest BCUT2D eigenvalue weighted by Crippen LogP contribution is 2.33. The largest absolute Gasteiger partial charge is 0.316 e. The first-order valence-electron chi connectivity index (χ1n) is 6.55. The van der Waals surface area contributed by atoms with Gasteiger partial charge in [0.2, 0.25) is 0 Å². The molecule has 0 aliphatic heterocycles. The van der Waals surface area contributed by atoms with Crippen LogP contribution in [0, 0.1) is 5.92 Å². The summed E-state index contributed by atoms with van der Waals surface area (Å²) in [5.41, 5.74) is 0. The van der Waals surface area contributed by atoms with Gasteiger partial charge in [-0.25, -0.2) is 0 Å². The number of nitrogens with one attached hydrogen (secondary N) is 1. The van der Waals surface area contributed by atoms with E-state index in [0.717, 1.165) is 12.8 Å². The van der Waals surface area contributed by atoms with E-state index in [-0.39, 0.29) is 11.3 Å². The lowest BCUT2D eigenvalue weighted by molar-refractivity contribution is 0.325. The van der Waals surface area contributed by atoms with Crippen molar-refractivity contribution < 1.29 is 4.21 Å². The van der Waals surface area contributed by atoms with E-state index in [1.165, 1.54) is 6.42 Å². The van der Waals surface area contributed by atoms with Crippen LogP contribution in [0.2, 0.25) is 10.0 Å². The van der Waals surface area contributed by atoms with Gasteiger partial charge in [0.15, 0.2) is 0 Å². The van der Waals surface area contributed by atoms with Gasteiger partial charge in [-0.3, -0.25) is 4.21 Å². The molecule has 1 aromatic carbocycles. The molecule has 1 fully saturated rings. The molecule has 106 valence electrons. The predicted octanol–water partition coefficient (Wildman–Crippen LogP) is 3.88. The average molecular weight is 320 g/mol. The molecule has 1 aromatic rings. The van der Waals surface area contributed by atoms with Crippen molar-refractivity contribution in [1.82, 2.24) is 5.32 Å². The minimum Gasteiger partial charge on any atom is -0.316 e. The molecule has 2 rings (SSSR count). The van der Waals surface area contributed by atoms with Crippen LogP contribution in [0.15, 0.2) is 23.1 Å². The Balaban J connectivity index is 2.28. The SMILES string of the molecule is CNC1CCC(C)CC1S(=O)c1cc(Cl)ccc1Cl. The molecule has 0 aromatic heterocycles. The lowest BCUT2D eigenvalue weighted by Gasteiger charge is -2.34. The van der Waals surface area contributed by atoms with E-state index < -0.39 is 10.8 Å². The molecule has 0 bridgehead atoms. The fourth-order valence-electron chi connectivity index (χ4n) is 2.69. The van der Waals surface area contributed by atoms with Crippen molar-refractivity contribution in [1.29, 1.82) is 0 Å². The van der Waals surface area contributed by atoms with Gasteiger partial charge in [-0.15, -0.1) is 0 Å². The zero-order chi connectivity index (χ0) is 14.0. The van der Waals surface area contributed by atoms with E-state index in [9.17, 15) is 4.21 Å². The highest BCUT2D eigenvalue weighted by Gasteiger charge is 2.33. The number of halogens is 2. The number of hydrogen-bond donors (Lipinski definition) is 1. The van der Waals surface area contributed by atoms with Gasteiger partial charge in [-0.2, -0.15) is 0 Å². The predicted molar refractivity (Wildman–Crippen MR) is 82.5 cm³/mol. The van der Waals surface area contributed by atoms with Crippen LogP contribution in [0.4, 0.5) is 0 Å². The van der Waals surface area contributed by atoms with Gasteiger partial charge in [-0.05, 0) is 50.4 Å². The molecule has 0 heterocycles. The Labute approximate surface area is 127 Å². The van der Waals surface area contributed by atoms with Crippen LogP contribution in [0.25, 0.3) is 0 Å². The summed E-state index contributed by atoms with van der Waals surface area (Å²) in [4.78, 5) is 0.661. The van der Waals surface area contributed by atoms with Crippen molar-refractivity contribution in [3.05, 3.63) is 28.2 Å². The first-order valence-corrected chi connectivity index (χ1v) is 8.52. The fraction of sp³-hybridized carbons (Fsp3) is 0.571. The van der Waals surface area contributed by atoms with E-state index in [1.54, 1.807) is 18.2 Å². The Morgan fingerprint density at radius 3 is 2.74 bits per heavy atom. The molecule has 0 saturated heterocycles. The maximum atomic E-state index is 12.8. The zero-order valence-corrected chi connectivity index (χ0v) is 13.5. The zero-order valence-electron chi connectivity index (χ0n) is 11.2. The summed E-state index contributed by atoms with van der Waals surface area (Å²) in [5.74, 6) is 0.608. The van der Waals surface area contributed by atoms with Gasteiger partial charge >= 0.3 is 0 Å². The third-order valence-corrected chi connectivity index (χ3v) is 6.33. The van der Waals surface area contributed by atoms with Crippen LogP contribution in [0.5, 0.6) is 0 Å². The molecule has 0 amide bonds. The Bertz CT molecular complexity index is 481. The van der Waals surface area contributed by atoms with Crippen LogP contribution in [-0.2, 0) is 10.8 Å². The normalized spacial score (nSPS) is 29.2. The molecular formula is C14H19Cl2NOS. The van der Waals surface area contributed by atoms with E-state index >= 15 is 0 Å². The van der Waals surface area contributed by atoms with Gasteiger partial charge in [0, 0.05) is 11.1 Å². The first-order chi connectivity index (χ1) is 9.02. The molecule has 0 radical (unpaired) electrons.